The molecular formula is C14H15BrO6. The van der Waals surface area contributed by atoms with E-state index in [1.54, 1.807) is 26.4 Å². The third-order valence-electron chi connectivity index (χ3n) is 2.76. The maximum Gasteiger partial charge on any atom is 0.377 e. The van der Waals surface area contributed by atoms with Crippen LogP contribution < -0.4 is 9.47 Å². The highest BCUT2D eigenvalue weighted by atomic mass is 79.9. The third kappa shape index (κ3) is 3.81. The van der Waals surface area contributed by atoms with Crippen LogP contribution in [0.5, 0.6) is 11.5 Å². The fourth-order valence-electron chi connectivity index (χ4n) is 1.70. The highest BCUT2D eigenvalue weighted by molar-refractivity contribution is 9.10. The van der Waals surface area contributed by atoms with E-state index in [1.807, 2.05) is 0 Å². The molecule has 1 aliphatic rings. The van der Waals surface area contributed by atoms with Gasteiger partial charge in [0.25, 0.3) is 0 Å². The van der Waals surface area contributed by atoms with Gasteiger partial charge in [-0.2, -0.15) is 0 Å². The van der Waals surface area contributed by atoms with Crippen LogP contribution in [0.2, 0.25) is 0 Å². The van der Waals surface area contributed by atoms with Gasteiger partial charge in [-0.05, 0) is 12.1 Å². The van der Waals surface area contributed by atoms with Gasteiger partial charge in [-0.15, -0.1) is 0 Å². The average Bonchev–Trinajstić information content (AvgIpc) is 2.53. The molecule has 0 spiro atoms. The standard InChI is InChI=1S/C14H15BrO6/c1-17-11-5-9(10(15)6-12(11)18-2)7-21-14(16)13-8-19-3-4-20-13/h5-6,8H,3-4,7H2,1-2H3. The number of carbonyl (C=O) groups excluding carboxylic acids is 1. The van der Waals surface area contributed by atoms with E-state index >= 15 is 0 Å². The molecule has 1 aromatic rings. The molecule has 0 aliphatic carbocycles. The Balaban J connectivity index is 2.05. The Hall–Kier alpha value is -1.89. The molecule has 6 nitrogen and oxygen atoms in total. The van der Waals surface area contributed by atoms with Crippen LogP contribution in [0.15, 0.2) is 28.6 Å². The number of carbonyl (C=O) groups is 1. The first-order valence-corrected chi connectivity index (χ1v) is 6.97. The predicted molar refractivity (Wildman–Crippen MR) is 77.0 cm³/mol. The van der Waals surface area contributed by atoms with Gasteiger partial charge >= 0.3 is 5.97 Å². The number of hydrogen-bond acceptors (Lipinski definition) is 6. The molecule has 0 bridgehead atoms. The second-order valence-electron chi connectivity index (χ2n) is 4.08. The van der Waals surface area contributed by atoms with Crippen LogP contribution in [-0.4, -0.2) is 33.4 Å². The Bertz CT molecular complexity index is 555. The van der Waals surface area contributed by atoms with E-state index in [1.165, 1.54) is 6.26 Å². The van der Waals surface area contributed by atoms with Gasteiger partial charge in [0.2, 0.25) is 5.76 Å². The van der Waals surface area contributed by atoms with Gasteiger partial charge in [0.1, 0.15) is 26.1 Å². The monoisotopic (exact) mass is 358 g/mol. The molecule has 0 unspecified atom stereocenters. The van der Waals surface area contributed by atoms with Gasteiger partial charge in [0.05, 0.1) is 14.2 Å². The van der Waals surface area contributed by atoms with Crippen LogP contribution in [0.3, 0.4) is 0 Å². The summed E-state index contributed by atoms with van der Waals surface area (Å²) >= 11 is 3.40. The van der Waals surface area contributed by atoms with Crippen molar-refractivity contribution in [2.75, 3.05) is 27.4 Å². The molecule has 0 amide bonds. The predicted octanol–water partition coefficient (Wildman–Crippen LogP) is 2.40. The molecule has 1 aromatic carbocycles. The summed E-state index contributed by atoms with van der Waals surface area (Å²) in [4.78, 5) is 11.8. The zero-order chi connectivity index (χ0) is 15.2. The summed E-state index contributed by atoms with van der Waals surface area (Å²) in [7, 11) is 3.09. The summed E-state index contributed by atoms with van der Waals surface area (Å²) in [6, 6.07) is 3.49. The van der Waals surface area contributed by atoms with Crippen molar-refractivity contribution >= 4 is 21.9 Å². The number of benzene rings is 1. The summed E-state index contributed by atoms with van der Waals surface area (Å²) in [6.07, 6.45) is 1.26. The molecule has 114 valence electrons. The Morgan fingerprint density at radius 1 is 1.24 bits per heavy atom. The maximum atomic E-state index is 11.8. The number of ether oxygens (including phenoxy) is 5. The van der Waals surface area contributed by atoms with Crippen LogP contribution in [-0.2, 0) is 25.6 Å². The first kappa shape index (κ1) is 15.5. The lowest BCUT2D eigenvalue weighted by atomic mass is 10.2. The fourth-order valence-corrected chi connectivity index (χ4v) is 2.13. The van der Waals surface area contributed by atoms with E-state index in [4.69, 9.17) is 23.7 Å². The van der Waals surface area contributed by atoms with Crippen LogP contribution in [0, 0.1) is 0 Å². The zero-order valence-corrected chi connectivity index (χ0v) is 13.3. The zero-order valence-electron chi connectivity index (χ0n) is 11.7. The number of halogens is 1. The minimum atomic E-state index is -0.573. The molecule has 0 radical (unpaired) electrons. The van der Waals surface area contributed by atoms with E-state index < -0.39 is 5.97 Å². The molecule has 0 saturated carbocycles. The molecular weight excluding hydrogens is 344 g/mol. The highest BCUT2D eigenvalue weighted by Gasteiger charge is 2.18. The molecule has 0 saturated heterocycles. The van der Waals surface area contributed by atoms with Gasteiger partial charge in [-0.3, -0.25) is 0 Å². The van der Waals surface area contributed by atoms with Crippen molar-refractivity contribution < 1.29 is 28.5 Å². The van der Waals surface area contributed by atoms with Crippen molar-refractivity contribution in [2.24, 2.45) is 0 Å². The van der Waals surface area contributed by atoms with Crippen LogP contribution >= 0.6 is 15.9 Å². The highest BCUT2D eigenvalue weighted by Crippen LogP contribution is 2.33. The second kappa shape index (κ2) is 7.21. The minimum Gasteiger partial charge on any atom is -0.493 e. The second-order valence-corrected chi connectivity index (χ2v) is 4.93. The lowest BCUT2D eigenvalue weighted by Gasteiger charge is -2.15. The van der Waals surface area contributed by atoms with E-state index in [2.05, 4.69) is 15.9 Å². The van der Waals surface area contributed by atoms with Gasteiger partial charge in [0, 0.05) is 10.0 Å². The Morgan fingerprint density at radius 2 is 1.95 bits per heavy atom. The smallest absolute Gasteiger partial charge is 0.377 e. The lowest BCUT2D eigenvalue weighted by molar-refractivity contribution is -0.145. The van der Waals surface area contributed by atoms with Gasteiger partial charge in [-0.1, -0.05) is 15.9 Å². The van der Waals surface area contributed by atoms with E-state index in [0.29, 0.717) is 24.7 Å². The van der Waals surface area contributed by atoms with Crippen LogP contribution in [0.25, 0.3) is 0 Å². The van der Waals surface area contributed by atoms with Crippen molar-refractivity contribution in [1.82, 2.24) is 0 Å². The van der Waals surface area contributed by atoms with Gasteiger partial charge < -0.3 is 23.7 Å². The summed E-state index contributed by atoms with van der Waals surface area (Å²) < 4.78 is 26.5. The Morgan fingerprint density at radius 3 is 2.57 bits per heavy atom. The Kier molecular flexibility index (Phi) is 5.32. The van der Waals surface area contributed by atoms with Crippen molar-refractivity contribution in [1.29, 1.82) is 0 Å². The van der Waals surface area contributed by atoms with Crippen molar-refractivity contribution in [3.63, 3.8) is 0 Å². The van der Waals surface area contributed by atoms with E-state index in [9.17, 15) is 4.79 Å². The number of rotatable bonds is 5. The van der Waals surface area contributed by atoms with Crippen molar-refractivity contribution in [3.05, 3.63) is 34.2 Å². The molecule has 7 heteroatoms. The quantitative estimate of drug-likeness (QED) is 0.753. The molecule has 0 aromatic heterocycles. The fraction of sp³-hybridized carbons (Fsp3) is 0.357. The first-order chi connectivity index (χ1) is 10.2. The van der Waals surface area contributed by atoms with Crippen molar-refractivity contribution in [2.45, 2.75) is 6.61 Å². The minimum absolute atomic E-state index is 0.0675. The summed E-state index contributed by atoms with van der Waals surface area (Å²) in [5, 5.41) is 0. The summed E-state index contributed by atoms with van der Waals surface area (Å²) in [6.45, 7) is 0.833. The topological polar surface area (TPSA) is 63.2 Å². The molecule has 1 heterocycles. The number of hydrogen-bond donors (Lipinski definition) is 0. The van der Waals surface area contributed by atoms with Crippen LogP contribution in [0.4, 0.5) is 0 Å². The summed E-state index contributed by atoms with van der Waals surface area (Å²) in [5.74, 6) is 0.642. The molecule has 2 rings (SSSR count). The molecule has 0 atom stereocenters. The molecule has 21 heavy (non-hydrogen) atoms. The molecule has 0 fully saturated rings. The SMILES string of the molecule is COc1cc(Br)c(COC(=O)C2=COCCO2)cc1OC. The van der Waals surface area contributed by atoms with Crippen molar-refractivity contribution in [3.8, 4) is 11.5 Å². The third-order valence-corrected chi connectivity index (χ3v) is 3.50. The first-order valence-electron chi connectivity index (χ1n) is 6.17. The van der Waals surface area contributed by atoms with Gasteiger partial charge in [-0.25, -0.2) is 4.79 Å². The van der Waals surface area contributed by atoms with E-state index in [0.717, 1.165) is 10.0 Å². The average molecular weight is 359 g/mol. The normalized spacial score (nSPS) is 13.6. The van der Waals surface area contributed by atoms with Gasteiger partial charge in [0.15, 0.2) is 11.5 Å². The largest absolute Gasteiger partial charge is 0.493 e. The van der Waals surface area contributed by atoms with E-state index in [-0.39, 0.29) is 12.4 Å². The lowest BCUT2D eigenvalue weighted by Crippen LogP contribution is -2.17. The number of esters is 1. The van der Waals surface area contributed by atoms with Crippen LogP contribution in [0.1, 0.15) is 5.56 Å². The molecule has 1 aliphatic heterocycles. The summed E-state index contributed by atoms with van der Waals surface area (Å²) in [5.41, 5.74) is 0.748. The number of methoxy groups -OCH3 is 2. The molecule has 0 N–H and O–H groups in total. The maximum absolute atomic E-state index is 11.8. The Labute approximate surface area is 130 Å².